The van der Waals surface area contributed by atoms with Crippen molar-refractivity contribution in [2.45, 2.75) is 59.0 Å². The molecule has 0 aliphatic heterocycles. The summed E-state index contributed by atoms with van der Waals surface area (Å²) in [6.45, 7) is 7.16. The van der Waals surface area contributed by atoms with E-state index in [-0.39, 0.29) is 5.56 Å². The van der Waals surface area contributed by atoms with Gasteiger partial charge in [-0.25, -0.2) is 0 Å². The van der Waals surface area contributed by atoms with E-state index in [2.05, 4.69) is 43.2 Å². The Bertz CT molecular complexity index is 732. The van der Waals surface area contributed by atoms with E-state index in [9.17, 15) is 4.79 Å². The zero-order chi connectivity index (χ0) is 15.7. The van der Waals surface area contributed by atoms with Crippen LogP contribution in [0.25, 0.3) is 10.9 Å². The van der Waals surface area contributed by atoms with Crippen molar-refractivity contribution in [1.82, 2.24) is 10.3 Å². The van der Waals surface area contributed by atoms with Gasteiger partial charge >= 0.3 is 0 Å². The number of aryl methyl sites for hydroxylation is 2. The highest BCUT2D eigenvalue weighted by Crippen LogP contribution is 2.24. The minimum absolute atomic E-state index is 0.0340. The molecule has 1 aromatic heterocycles. The third-order valence-electron chi connectivity index (χ3n) is 5.20. The number of pyridine rings is 1. The Labute approximate surface area is 132 Å². The normalized spacial score (nSPS) is 22.1. The van der Waals surface area contributed by atoms with Crippen molar-refractivity contribution < 1.29 is 0 Å². The Morgan fingerprint density at radius 1 is 1.14 bits per heavy atom. The van der Waals surface area contributed by atoms with Crippen LogP contribution in [0.3, 0.4) is 0 Å². The van der Waals surface area contributed by atoms with Gasteiger partial charge in [0.05, 0.1) is 0 Å². The molecule has 3 nitrogen and oxygen atoms in total. The number of rotatable bonds is 3. The van der Waals surface area contributed by atoms with E-state index in [1.807, 2.05) is 6.07 Å². The average molecular weight is 298 g/mol. The second kappa shape index (κ2) is 6.25. The van der Waals surface area contributed by atoms with Gasteiger partial charge in [0, 0.05) is 23.7 Å². The molecule has 0 radical (unpaired) electrons. The van der Waals surface area contributed by atoms with Crippen LogP contribution >= 0.6 is 0 Å². The molecule has 0 saturated heterocycles. The fraction of sp³-hybridized carbons (Fsp3) is 0.526. The van der Waals surface area contributed by atoms with Gasteiger partial charge in [0.25, 0.3) is 5.56 Å². The first-order chi connectivity index (χ1) is 10.5. The monoisotopic (exact) mass is 298 g/mol. The Morgan fingerprint density at radius 2 is 1.86 bits per heavy atom. The lowest BCUT2D eigenvalue weighted by atomic mass is 9.86. The summed E-state index contributed by atoms with van der Waals surface area (Å²) in [5, 5.41) is 4.72. The van der Waals surface area contributed by atoms with Crippen molar-refractivity contribution in [3.05, 3.63) is 45.2 Å². The summed E-state index contributed by atoms with van der Waals surface area (Å²) < 4.78 is 0. The van der Waals surface area contributed by atoms with Crippen LogP contribution < -0.4 is 10.9 Å². The Balaban J connectivity index is 1.83. The summed E-state index contributed by atoms with van der Waals surface area (Å²) in [5.41, 5.74) is 4.28. The van der Waals surface area contributed by atoms with Crippen LogP contribution in [0.5, 0.6) is 0 Å². The molecule has 1 fully saturated rings. The van der Waals surface area contributed by atoms with Crippen LogP contribution in [0.4, 0.5) is 0 Å². The molecule has 1 aromatic carbocycles. The Kier molecular flexibility index (Phi) is 4.34. The fourth-order valence-corrected chi connectivity index (χ4v) is 3.51. The molecule has 0 unspecified atom stereocenters. The summed E-state index contributed by atoms with van der Waals surface area (Å²) >= 11 is 0. The molecule has 118 valence electrons. The Morgan fingerprint density at radius 3 is 2.64 bits per heavy atom. The number of aromatic amines is 1. The largest absolute Gasteiger partial charge is 0.322 e. The number of hydrogen-bond donors (Lipinski definition) is 2. The third-order valence-corrected chi connectivity index (χ3v) is 5.20. The second-order valence-electron chi connectivity index (χ2n) is 6.90. The second-order valence-corrected chi connectivity index (χ2v) is 6.90. The van der Waals surface area contributed by atoms with E-state index >= 15 is 0 Å². The quantitative estimate of drug-likeness (QED) is 0.905. The van der Waals surface area contributed by atoms with Crippen molar-refractivity contribution in [2.75, 3.05) is 0 Å². The molecule has 22 heavy (non-hydrogen) atoms. The smallest absolute Gasteiger partial charge is 0.252 e. The maximum absolute atomic E-state index is 12.3. The van der Waals surface area contributed by atoms with Gasteiger partial charge in [-0.3, -0.25) is 4.79 Å². The van der Waals surface area contributed by atoms with Crippen molar-refractivity contribution >= 4 is 10.9 Å². The van der Waals surface area contributed by atoms with Crippen LogP contribution in [0.1, 0.15) is 49.3 Å². The molecule has 0 amide bonds. The van der Waals surface area contributed by atoms with E-state index in [0.717, 1.165) is 16.5 Å². The molecule has 0 spiro atoms. The first-order valence-electron chi connectivity index (χ1n) is 8.41. The number of H-pyrrole nitrogens is 1. The molecule has 0 bridgehead atoms. The molecule has 1 saturated carbocycles. The lowest BCUT2D eigenvalue weighted by Gasteiger charge is -2.29. The van der Waals surface area contributed by atoms with E-state index in [0.29, 0.717) is 18.5 Å². The standard InChI is InChI=1S/C19H26N2O/c1-12-6-4-5-7-17(12)20-11-16-10-15-8-13(2)14(3)9-18(15)21-19(16)22/h8-10,12,17,20H,4-7,11H2,1-3H3,(H,21,22)/t12-,17-/m0/s1. The molecule has 1 heterocycles. The average Bonchev–Trinajstić information content (AvgIpc) is 2.48. The van der Waals surface area contributed by atoms with E-state index in [1.54, 1.807) is 0 Å². The van der Waals surface area contributed by atoms with Gasteiger partial charge in [0.1, 0.15) is 0 Å². The topological polar surface area (TPSA) is 44.9 Å². The van der Waals surface area contributed by atoms with Crippen molar-refractivity contribution in [3.63, 3.8) is 0 Å². The van der Waals surface area contributed by atoms with Crippen LogP contribution in [-0.2, 0) is 6.54 Å². The number of hydrogen-bond acceptors (Lipinski definition) is 2. The van der Waals surface area contributed by atoms with Gasteiger partial charge in [-0.15, -0.1) is 0 Å². The Hall–Kier alpha value is -1.61. The number of aromatic nitrogens is 1. The molecule has 2 N–H and O–H groups in total. The predicted octanol–water partition coefficient (Wildman–Crippen LogP) is 3.81. The van der Waals surface area contributed by atoms with Crippen molar-refractivity contribution in [3.8, 4) is 0 Å². The number of nitrogens with one attached hydrogen (secondary N) is 2. The lowest BCUT2D eigenvalue weighted by Crippen LogP contribution is -2.37. The highest BCUT2D eigenvalue weighted by atomic mass is 16.1. The molecule has 3 heteroatoms. The molecular formula is C19H26N2O. The zero-order valence-electron chi connectivity index (χ0n) is 13.8. The van der Waals surface area contributed by atoms with Gasteiger partial charge in [-0.2, -0.15) is 0 Å². The molecule has 1 aliphatic rings. The summed E-state index contributed by atoms with van der Waals surface area (Å²) in [7, 11) is 0. The van der Waals surface area contributed by atoms with Gasteiger partial charge in [0.15, 0.2) is 0 Å². The van der Waals surface area contributed by atoms with Crippen LogP contribution in [-0.4, -0.2) is 11.0 Å². The van der Waals surface area contributed by atoms with E-state index < -0.39 is 0 Å². The highest BCUT2D eigenvalue weighted by molar-refractivity contribution is 5.80. The summed E-state index contributed by atoms with van der Waals surface area (Å²) in [5.74, 6) is 0.707. The van der Waals surface area contributed by atoms with Crippen LogP contribution in [0.2, 0.25) is 0 Å². The molecule has 3 rings (SSSR count). The lowest BCUT2D eigenvalue weighted by molar-refractivity contribution is 0.279. The summed E-state index contributed by atoms with van der Waals surface area (Å²) in [6.07, 6.45) is 5.16. The van der Waals surface area contributed by atoms with Crippen molar-refractivity contribution in [2.24, 2.45) is 5.92 Å². The van der Waals surface area contributed by atoms with E-state index in [4.69, 9.17) is 0 Å². The molecule has 2 atom stereocenters. The minimum Gasteiger partial charge on any atom is -0.322 e. The van der Waals surface area contributed by atoms with Gasteiger partial charge in [0.2, 0.25) is 0 Å². The van der Waals surface area contributed by atoms with Gasteiger partial charge < -0.3 is 10.3 Å². The van der Waals surface area contributed by atoms with Crippen LogP contribution in [0, 0.1) is 19.8 Å². The number of benzene rings is 1. The predicted molar refractivity (Wildman–Crippen MR) is 92.3 cm³/mol. The first kappa shape index (κ1) is 15.3. The van der Waals surface area contributed by atoms with Gasteiger partial charge in [-0.05, 0) is 67.3 Å². The summed E-state index contributed by atoms with van der Waals surface area (Å²) in [4.78, 5) is 15.3. The first-order valence-corrected chi connectivity index (χ1v) is 8.41. The van der Waals surface area contributed by atoms with E-state index in [1.165, 1.54) is 36.8 Å². The van der Waals surface area contributed by atoms with Crippen LogP contribution in [0.15, 0.2) is 23.0 Å². The highest BCUT2D eigenvalue weighted by Gasteiger charge is 2.20. The molecule has 2 aromatic rings. The SMILES string of the molecule is Cc1cc2cc(CN[C@H]3CCCC[C@@H]3C)c(=O)[nH]c2cc1C. The molecular weight excluding hydrogens is 272 g/mol. The maximum Gasteiger partial charge on any atom is 0.252 e. The minimum atomic E-state index is 0.0340. The zero-order valence-corrected chi connectivity index (χ0v) is 13.8. The molecule has 1 aliphatic carbocycles. The number of fused-ring (bicyclic) bond motifs is 1. The third kappa shape index (κ3) is 3.09. The maximum atomic E-state index is 12.3. The van der Waals surface area contributed by atoms with Gasteiger partial charge in [-0.1, -0.05) is 19.8 Å². The summed E-state index contributed by atoms with van der Waals surface area (Å²) in [6, 6.07) is 6.81. The fourth-order valence-electron chi connectivity index (χ4n) is 3.51. The van der Waals surface area contributed by atoms with Crippen molar-refractivity contribution in [1.29, 1.82) is 0 Å².